The minimum absolute atomic E-state index is 0.0560. The molecule has 0 aliphatic carbocycles. The van der Waals surface area contributed by atoms with Crippen LogP contribution < -0.4 is 5.56 Å². The van der Waals surface area contributed by atoms with Crippen molar-refractivity contribution < 1.29 is 0 Å². The number of H-pyrrole nitrogens is 1. The monoisotopic (exact) mass is 200 g/mol. The first kappa shape index (κ1) is 9.65. The van der Waals surface area contributed by atoms with Crippen molar-refractivity contribution >= 4 is 0 Å². The van der Waals surface area contributed by atoms with Crippen LogP contribution in [0.25, 0.3) is 11.1 Å². The molecule has 2 aromatic heterocycles. The van der Waals surface area contributed by atoms with Gasteiger partial charge < -0.3 is 4.98 Å². The summed E-state index contributed by atoms with van der Waals surface area (Å²) in [6.45, 7) is 2.02. The SMILES string of the molecule is CCc1[nH]c(=O)ccc1-c1cccnc1. The summed E-state index contributed by atoms with van der Waals surface area (Å²) in [5.74, 6) is 0. The number of nitrogens with one attached hydrogen (secondary N) is 1. The van der Waals surface area contributed by atoms with Gasteiger partial charge in [0.15, 0.2) is 0 Å². The molecule has 0 saturated heterocycles. The number of aromatic amines is 1. The quantitative estimate of drug-likeness (QED) is 0.805. The Bertz CT molecular complexity index is 503. The fraction of sp³-hybridized carbons (Fsp3) is 0.167. The zero-order valence-electron chi connectivity index (χ0n) is 8.53. The molecule has 2 heterocycles. The van der Waals surface area contributed by atoms with Gasteiger partial charge in [0.05, 0.1) is 0 Å². The molecule has 15 heavy (non-hydrogen) atoms. The van der Waals surface area contributed by atoms with Crippen LogP contribution in [0, 0.1) is 0 Å². The van der Waals surface area contributed by atoms with Gasteiger partial charge in [0.25, 0.3) is 0 Å². The summed E-state index contributed by atoms with van der Waals surface area (Å²) >= 11 is 0. The van der Waals surface area contributed by atoms with Crippen LogP contribution in [0.1, 0.15) is 12.6 Å². The Morgan fingerprint density at radius 1 is 1.33 bits per heavy atom. The average Bonchev–Trinajstić information content (AvgIpc) is 2.30. The average molecular weight is 200 g/mol. The molecular formula is C12H12N2O. The number of rotatable bonds is 2. The highest BCUT2D eigenvalue weighted by atomic mass is 16.1. The maximum absolute atomic E-state index is 11.2. The molecule has 0 bridgehead atoms. The zero-order chi connectivity index (χ0) is 10.7. The molecule has 0 atom stereocenters. The molecule has 1 N–H and O–H groups in total. The van der Waals surface area contributed by atoms with E-state index in [9.17, 15) is 4.79 Å². The standard InChI is InChI=1S/C12H12N2O/c1-2-11-10(5-6-12(15)14-11)9-4-3-7-13-8-9/h3-8H,2H2,1H3,(H,14,15). The van der Waals surface area contributed by atoms with Gasteiger partial charge in [-0.05, 0) is 18.6 Å². The fourth-order valence-electron chi connectivity index (χ4n) is 1.59. The Morgan fingerprint density at radius 2 is 2.20 bits per heavy atom. The largest absolute Gasteiger partial charge is 0.326 e. The van der Waals surface area contributed by atoms with Gasteiger partial charge in [-0.25, -0.2) is 0 Å². The third-order valence-corrected chi connectivity index (χ3v) is 2.33. The van der Waals surface area contributed by atoms with E-state index in [0.29, 0.717) is 0 Å². The van der Waals surface area contributed by atoms with Gasteiger partial charge in [-0.15, -0.1) is 0 Å². The lowest BCUT2D eigenvalue weighted by atomic mass is 10.0. The van der Waals surface area contributed by atoms with Crippen molar-refractivity contribution in [1.29, 1.82) is 0 Å². The van der Waals surface area contributed by atoms with E-state index in [4.69, 9.17) is 0 Å². The van der Waals surface area contributed by atoms with Crippen molar-refractivity contribution in [3.05, 3.63) is 52.7 Å². The van der Waals surface area contributed by atoms with Crippen LogP contribution in [0.15, 0.2) is 41.5 Å². The molecule has 0 unspecified atom stereocenters. The number of hydrogen-bond donors (Lipinski definition) is 1. The van der Waals surface area contributed by atoms with Gasteiger partial charge in [0, 0.05) is 35.3 Å². The Morgan fingerprint density at radius 3 is 2.87 bits per heavy atom. The molecular weight excluding hydrogens is 188 g/mol. The molecule has 2 rings (SSSR count). The molecule has 2 aromatic rings. The molecule has 0 amide bonds. The molecule has 0 aliphatic rings. The molecule has 0 aromatic carbocycles. The van der Waals surface area contributed by atoms with Crippen molar-refractivity contribution in [2.75, 3.05) is 0 Å². The van der Waals surface area contributed by atoms with Crippen LogP contribution in [0.5, 0.6) is 0 Å². The Balaban J connectivity index is 2.58. The van der Waals surface area contributed by atoms with E-state index in [1.165, 1.54) is 0 Å². The molecule has 0 fully saturated rings. The number of aromatic nitrogens is 2. The molecule has 0 aliphatic heterocycles. The van der Waals surface area contributed by atoms with E-state index < -0.39 is 0 Å². The van der Waals surface area contributed by atoms with E-state index >= 15 is 0 Å². The van der Waals surface area contributed by atoms with E-state index in [2.05, 4.69) is 9.97 Å². The summed E-state index contributed by atoms with van der Waals surface area (Å²) < 4.78 is 0. The van der Waals surface area contributed by atoms with Gasteiger partial charge in [-0.1, -0.05) is 13.0 Å². The first-order valence-corrected chi connectivity index (χ1v) is 4.94. The number of nitrogens with zero attached hydrogens (tertiary/aromatic N) is 1. The topological polar surface area (TPSA) is 45.8 Å². The lowest BCUT2D eigenvalue weighted by Crippen LogP contribution is -2.07. The first-order valence-electron chi connectivity index (χ1n) is 4.94. The second-order valence-electron chi connectivity index (χ2n) is 3.31. The van der Waals surface area contributed by atoms with Crippen LogP contribution in [-0.4, -0.2) is 9.97 Å². The predicted molar refractivity (Wildman–Crippen MR) is 59.7 cm³/mol. The Labute approximate surface area is 87.8 Å². The van der Waals surface area contributed by atoms with E-state index in [0.717, 1.165) is 23.2 Å². The van der Waals surface area contributed by atoms with Gasteiger partial charge in [0.1, 0.15) is 0 Å². The second-order valence-corrected chi connectivity index (χ2v) is 3.31. The summed E-state index contributed by atoms with van der Waals surface area (Å²) in [7, 11) is 0. The van der Waals surface area contributed by atoms with Gasteiger partial charge in [-0.3, -0.25) is 9.78 Å². The van der Waals surface area contributed by atoms with Crippen LogP contribution in [-0.2, 0) is 6.42 Å². The van der Waals surface area contributed by atoms with E-state index in [-0.39, 0.29) is 5.56 Å². The van der Waals surface area contributed by atoms with E-state index in [1.807, 2.05) is 25.1 Å². The molecule has 0 radical (unpaired) electrons. The molecule has 3 nitrogen and oxygen atoms in total. The molecule has 0 saturated carbocycles. The highest BCUT2D eigenvalue weighted by Gasteiger charge is 2.03. The normalized spacial score (nSPS) is 10.2. The van der Waals surface area contributed by atoms with Crippen molar-refractivity contribution in [3.63, 3.8) is 0 Å². The second kappa shape index (κ2) is 4.09. The number of aryl methyl sites for hydroxylation is 1. The highest BCUT2D eigenvalue weighted by molar-refractivity contribution is 5.64. The van der Waals surface area contributed by atoms with Crippen molar-refractivity contribution in [2.45, 2.75) is 13.3 Å². The maximum Gasteiger partial charge on any atom is 0.248 e. The first-order chi connectivity index (χ1) is 7.31. The van der Waals surface area contributed by atoms with Crippen molar-refractivity contribution in [2.24, 2.45) is 0 Å². The van der Waals surface area contributed by atoms with Gasteiger partial charge in [-0.2, -0.15) is 0 Å². The van der Waals surface area contributed by atoms with Gasteiger partial charge in [0.2, 0.25) is 5.56 Å². The summed E-state index contributed by atoms with van der Waals surface area (Å²) in [6, 6.07) is 7.26. The number of hydrogen-bond acceptors (Lipinski definition) is 2. The van der Waals surface area contributed by atoms with Crippen molar-refractivity contribution in [3.8, 4) is 11.1 Å². The van der Waals surface area contributed by atoms with Crippen LogP contribution in [0.3, 0.4) is 0 Å². The summed E-state index contributed by atoms with van der Waals surface area (Å²) in [4.78, 5) is 18.1. The maximum atomic E-state index is 11.2. The molecule has 3 heteroatoms. The minimum Gasteiger partial charge on any atom is -0.326 e. The summed E-state index contributed by atoms with van der Waals surface area (Å²) in [5.41, 5.74) is 2.98. The van der Waals surface area contributed by atoms with Crippen LogP contribution in [0.4, 0.5) is 0 Å². The Kier molecular flexibility index (Phi) is 2.63. The van der Waals surface area contributed by atoms with Crippen molar-refractivity contribution in [1.82, 2.24) is 9.97 Å². The van der Waals surface area contributed by atoms with Crippen LogP contribution in [0.2, 0.25) is 0 Å². The smallest absolute Gasteiger partial charge is 0.248 e. The Hall–Kier alpha value is -1.90. The zero-order valence-corrected chi connectivity index (χ0v) is 8.53. The lowest BCUT2D eigenvalue weighted by Gasteiger charge is -2.06. The minimum atomic E-state index is -0.0560. The predicted octanol–water partition coefficient (Wildman–Crippen LogP) is 2.00. The third-order valence-electron chi connectivity index (χ3n) is 2.33. The molecule has 0 spiro atoms. The van der Waals surface area contributed by atoms with Crippen LogP contribution >= 0.6 is 0 Å². The third kappa shape index (κ3) is 1.96. The summed E-state index contributed by atoms with van der Waals surface area (Å²) in [6.07, 6.45) is 4.34. The lowest BCUT2D eigenvalue weighted by molar-refractivity contribution is 1.01. The highest BCUT2D eigenvalue weighted by Crippen LogP contribution is 2.19. The molecule has 76 valence electrons. The summed E-state index contributed by atoms with van der Waals surface area (Å²) in [5, 5.41) is 0. The number of pyridine rings is 2. The van der Waals surface area contributed by atoms with Gasteiger partial charge >= 0.3 is 0 Å². The van der Waals surface area contributed by atoms with E-state index in [1.54, 1.807) is 18.5 Å². The fourth-order valence-corrected chi connectivity index (χ4v) is 1.59.